The van der Waals surface area contributed by atoms with Gasteiger partial charge in [-0.1, -0.05) is 5.16 Å². The molecule has 0 saturated carbocycles. The Bertz CT molecular complexity index is 850. The number of carboxylic acid groups (broad SMARTS) is 1. The van der Waals surface area contributed by atoms with Crippen LogP contribution in [-0.4, -0.2) is 72.6 Å². The number of thiazole rings is 1. The van der Waals surface area contributed by atoms with Crippen LogP contribution in [-0.2, 0) is 14.4 Å². The van der Waals surface area contributed by atoms with Gasteiger partial charge in [-0.05, 0) is 5.57 Å². The third-order valence-electron chi connectivity index (χ3n) is 3.81. The number of nitrogens with two attached hydrogens (primary N) is 1. The predicted octanol–water partition coefficient (Wildman–Crippen LogP) is -1.37. The first-order valence-electron chi connectivity index (χ1n) is 7.14. The Morgan fingerprint density at radius 1 is 1.50 bits per heavy atom. The van der Waals surface area contributed by atoms with E-state index in [1.165, 1.54) is 17.1 Å². The quantitative estimate of drug-likeness (QED) is 0.173. The molecule has 1 aromatic rings. The fraction of sp³-hybridized carbons (Fsp3) is 0.308. The number of oxime groups is 1. The molecule has 26 heavy (non-hydrogen) atoms. The monoisotopic (exact) mass is 399 g/mol. The van der Waals surface area contributed by atoms with Gasteiger partial charge in [-0.3, -0.25) is 14.5 Å². The van der Waals surface area contributed by atoms with Crippen LogP contribution >= 0.6 is 23.1 Å². The van der Waals surface area contributed by atoms with Crippen LogP contribution in [0.25, 0.3) is 0 Å². The molecule has 0 radical (unpaired) electrons. The molecular formula is C13H13N5O6S2. The summed E-state index contributed by atoms with van der Waals surface area (Å²) in [5, 5.41) is 33.9. The van der Waals surface area contributed by atoms with Gasteiger partial charge in [-0.25, -0.2) is 9.78 Å². The van der Waals surface area contributed by atoms with Crippen molar-refractivity contribution in [1.82, 2.24) is 15.2 Å². The number of carbonyl (C=O) groups is 3. The molecule has 13 heteroatoms. The lowest BCUT2D eigenvalue weighted by Crippen LogP contribution is -2.71. The number of nitrogens with zero attached hydrogens (tertiary/aromatic N) is 3. The number of β-lactam (4-membered cyclic amide) rings is 1. The number of aliphatic hydroxyl groups is 1. The molecule has 1 fully saturated rings. The number of aliphatic hydroxyl groups excluding tert-OH is 1. The van der Waals surface area contributed by atoms with E-state index in [4.69, 9.17) is 10.9 Å². The van der Waals surface area contributed by atoms with E-state index >= 15 is 0 Å². The molecule has 11 nitrogen and oxygen atoms in total. The molecule has 0 spiro atoms. The molecule has 1 aromatic heterocycles. The highest BCUT2D eigenvalue weighted by Crippen LogP contribution is 2.40. The summed E-state index contributed by atoms with van der Waals surface area (Å²) in [5.41, 5.74) is 5.09. The molecule has 0 aromatic carbocycles. The zero-order valence-electron chi connectivity index (χ0n) is 12.9. The fourth-order valence-electron chi connectivity index (χ4n) is 2.62. The Morgan fingerprint density at radius 3 is 2.77 bits per heavy atom. The van der Waals surface area contributed by atoms with Crippen molar-refractivity contribution in [1.29, 1.82) is 0 Å². The van der Waals surface area contributed by atoms with E-state index in [9.17, 15) is 24.6 Å². The number of nitrogens with one attached hydrogen (secondary N) is 1. The average molecular weight is 399 g/mol. The van der Waals surface area contributed by atoms with E-state index < -0.39 is 41.5 Å². The van der Waals surface area contributed by atoms with Gasteiger partial charge in [0.25, 0.3) is 11.8 Å². The number of amides is 2. The van der Waals surface area contributed by atoms with Crippen molar-refractivity contribution in [2.45, 2.75) is 11.4 Å². The number of nitrogen functional groups attached to an aromatic ring is 1. The maximum atomic E-state index is 12.3. The third-order valence-corrected chi connectivity index (χ3v) is 5.82. The molecule has 6 N–H and O–H groups in total. The molecule has 2 aliphatic rings. The van der Waals surface area contributed by atoms with E-state index in [-0.39, 0.29) is 27.8 Å². The number of aromatic nitrogens is 1. The maximum Gasteiger partial charge on any atom is 0.352 e. The van der Waals surface area contributed by atoms with Crippen LogP contribution in [0.3, 0.4) is 0 Å². The van der Waals surface area contributed by atoms with Gasteiger partial charge in [0.1, 0.15) is 22.8 Å². The summed E-state index contributed by atoms with van der Waals surface area (Å²) in [5.74, 6) is -2.59. The van der Waals surface area contributed by atoms with Crippen molar-refractivity contribution in [3.63, 3.8) is 0 Å². The lowest BCUT2D eigenvalue weighted by molar-refractivity contribution is -0.150. The average Bonchev–Trinajstić information content (AvgIpc) is 3.04. The first-order chi connectivity index (χ1) is 12.4. The van der Waals surface area contributed by atoms with Gasteiger partial charge in [0, 0.05) is 11.1 Å². The zero-order chi connectivity index (χ0) is 19.0. The highest BCUT2D eigenvalue weighted by Gasteiger charge is 2.54. The van der Waals surface area contributed by atoms with Crippen molar-refractivity contribution in [2.75, 3.05) is 18.1 Å². The Morgan fingerprint density at radius 2 is 2.23 bits per heavy atom. The third kappa shape index (κ3) is 2.89. The van der Waals surface area contributed by atoms with E-state index in [1.807, 2.05) is 0 Å². The number of carbonyl (C=O) groups excluding carboxylic acids is 2. The van der Waals surface area contributed by atoms with Gasteiger partial charge < -0.3 is 26.5 Å². The highest BCUT2D eigenvalue weighted by atomic mass is 32.2. The van der Waals surface area contributed by atoms with E-state index in [0.717, 1.165) is 16.2 Å². The van der Waals surface area contributed by atoms with Crippen LogP contribution in [0, 0.1) is 0 Å². The first-order valence-corrected chi connectivity index (χ1v) is 9.07. The van der Waals surface area contributed by atoms with Crippen LogP contribution < -0.4 is 11.1 Å². The minimum atomic E-state index is -1.33. The molecule has 3 heterocycles. The largest absolute Gasteiger partial charge is 0.477 e. The molecule has 1 saturated heterocycles. The van der Waals surface area contributed by atoms with E-state index in [2.05, 4.69) is 15.5 Å². The van der Waals surface area contributed by atoms with Crippen molar-refractivity contribution in [3.8, 4) is 0 Å². The molecule has 3 rings (SSSR count). The SMILES string of the molecule is Nc1nc(C(=NO)C(=O)NC2C(=O)N3C(C(=O)O)=C(CO)CS[C@@H]23)cs1. The summed E-state index contributed by atoms with van der Waals surface area (Å²) in [6.45, 7) is -0.477. The van der Waals surface area contributed by atoms with Gasteiger partial charge in [0.2, 0.25) is 0 Å². The molecular weight excluding hydrogens is 386 g/mol. The minimum absolute atomic E-state index is 0.0566. The second kappa shape index (κ2) is 6.93. The van der Waals surface area contributed by atoms with Crippen LogP contribution in [0.2, 0.25) is 0 Å². The summed E-state index contributed by atoms with van der Waals surface area (Å²) >= 11 is 2.26. The summed E-state index contributed by atoms with van der Waals surface area (Å²) in [6, 6.07) is -0.991. The number of aliphatic carboxylic acids is 1. The lowest BCUT2D eigenvalue weighted by atomic mass is 10.0. The molecule has 2 amide bonds. The number of fused-ring (bicyclic) bond motifs is 1. The van der Waals surface area contributed by atoms with Gasteiger partial charge in [-0.15, -0.1) is 23.1 Å². The molecule has 0 aliphatic carbocycles. The Labute approximate surface area is 154 Å². The van der Waals surface area contributed by atoms with Gasteiger partial charge in [-0.2, -0.15) is 0 Å². The van der Waals surface area contributed by atoms with Crippen molar-refractivity contribution in [2.24, 2.45) is 5.16 Å². The van der Waals surface area contributed by atoms with Crippen molar-refractivity contribution < 1.29 is 29.8 Å². The standard InChI is InChI=1S/C13H13N5O6S2/c14-13-15-5(3-26-13)6(17-24)9(20)16-7-10(21)18-8(12(22)23)4(1-19)2-25-11(7)18/h3,7,11,19,24H,1-2H2,(H2,14,15)(H,16,20)(H,22,23)/t7?,11-/m0/s1. The van der Waals surface area contributed by atoms with E-state index in [1.54, 1.807) is 0 Å². The maximum absolute atomic E-state index is 12.3. The van der Waals surface area contributed by atoms with Crippen LogP contribution in [0.1, 0.15) is 5.69 Å². The van der Waals surface area contributed by atoms with Crippen molar-refractivity contribution >= 4 is 51.7 Å². The number of carboxylic acids is 1. The second-order valence-corrected chi connectivity index (χ2v) is 7.29. The van der Waals surface area contributed by atoms with Crippen LogP contribution in [0.5, 0.6) is 0 Å². The van der Waals surface area contributed by atoms with E-state index in [0.29, 0.717) is 0 Å². The minimum Gasteiger partial charge on any atom is -0.477 e. The summed E-state index contributed by atoms with van der Waals surface area (Å²) in [4.78, 5) is 40.9. The molecule has 0 bridgehead atoms. The topological polar surface area (TPSA) is 178 Å². The predicted molar refractivity (Wildman–Crippen MR) is 91.6 cm³/mol. The first kappa shape index (κ1) is 18.2. The second-order valence-electron chi connectivity index (χ2n) is 5.30. The van der Waals surface area contributed by atoms with Gasteiger partial charge >= 0.3 is 5.97 Å². The van der Waals surface area contributed by atoms with Gasteiger partial charge in [0.05, 0.1) is 6.61 Å². The lowest BCUT2D eigenvalue weighted by Gasteiger charge is -2.49. The number of anilines is 1. The fourth-order valence-corrected chi connectivity index (χ4v) is 4.51. The number of rotatable bonds is 5. The van der Waals surface area contributed by atoms with Crippen LogP contribution in [0.15, 0.2) is 21.8 Å². The summed E-state index contributed by atoms with van der Waals surface area (Å²) < 4.78 is 0. The number of hydrogen-bond donors (Lipinski definition) is 5. The van der Waals surface area contributed by atoms with Crippen LogP contribution in [0.4, 0.5) is 5.13 Å². The molecule has 1 unspecified atom stereocenters. The van der Waals surface area contributed by atoms with Crippen molar-refractivity contribution in [3.05, 3.63) is 22.3 Å². The molecule has 138 valence electrons. The Balaban J connectivity index is 1.77. The number of hydrogen-bond acceptors (Lipinski definition) is 10. The smallest absolute Gasteiger partial charge is 0.352 e. The highest BCUT2D eigenvalue weighted by molar-refractivity contribution is 8.00. The summed E-state index contributed by atoms with van der Waals surface area (Å²) in [7, 11) is 0. The number of thioether (sulfide) groups is 1. The Hall–Kier alpha value is -2.64. The van der Waals surface area contributed by atoms with Gasteiger partial charge in [0.15, 0.2) is 10.8 Å². The Kier molecular flexibility index (Phi) is 4.84. The zero-order valence-corrected chi connectivity index (χ0v) is 14.6. The normalized spacial score (nSPS) is 22.7. The molecule has 2 aliphatic heterocycles. The summed E-state index contributed by atoms with van der Waals surface area (Å²) in [6.07, 6.45) is 0. The molecule has 2 atom stereocenters.